The van der Waals surface area contributed by atoms with Crippen LogP contribution in [0.15, 0.2) is 42.5 Å². The van der Waals surface area contributed by atoms with Gasteiger partial charge in [-0.2, -0.15) is 5.26 Å². The molecular weight excluding hydrogens is 376 g/mol. The van der Waals surface area contributed by atoms with Crippen molar-refractivity contribution in [3.05, 3.63) is 58.6 Å². The second kappa shape index (κ2) is 8.26. The van der Waals surface area contributed by atoms with Crippen molar-refractivity contribution >= 4 is 38.3 Å². The first-order chi connectivity index (χ1) is 13.2. The van der Waals surface area contributed by atoms with E-state index in [1.165, 1.54) is 5.56 Å². The molecular formula is C21H21ClN4S. The average molecular weight is 397 g/mol. The van der Waals surface area contributed by atoms with Crippen molar-refractivity contribution in [1.29, 1.82) is 5.26 Å². The summed E-state index contributed by atoms with van der Waals surface area (Å²) < 4.78 is 1.15. The van der Waals surface area contributed by atoms with Gasteiger partial charge >= 0.3 is 0 Å². The van der Waals surface area contributed by atoms with Crippen molar-refractivity contribution in [2.75, 3.05) is 31.1 Å². The highest BCUT2D eigenvalue weighted by Crippen LogP contribution is 2.31. The van der Waals surface area contributed by atoms with E-state index in [4.69, 9.17) is 21.8 Å². The number of fused-ring (bicyclic) bond motifs is 1. The molecule has 6 heteroatoms. The van der Waals surface area contributed by atoms with Gasteiger partial charge in [0.2, 0.25) is 0 Å². The molecule has 0 atom stereocenters. The van der Waals surface area contributed by atoms with Crippen LogP contribution in [-0.2, 0) is 13.0 Å². The van der Waals surface area contributed by atoms with Gasteiger partial charge in [-0.3, -0.25) is 4.90 Å². The highest BCUT2D eigenvalue weighted by Gasteiger charge is 2.18. The summed E-state index contributed by atoms with van der Waals surface area (Å²) in [7, 11) is 0. The predicted molar refractivity (Wildman–Crippen MR) is 112 cm³/mol. The molecule has 1 aromatic heterocycles. The SMILES string of the molecule is N#CCc1cccc(CN2CCCN(c3nc4ccc(Cl)cc4s3)CC2)c1. The lowest BCUT2D eigenvalue weighted by Crippen LogP contribution is -2.30. The molecule has 4 nitrogen and oxygen atoms in total. The lowest BCUT2D eigenvalue weighted by atomic mass is 10.1. The molecule has 1 fully saturated rings. The smallest absolute Gasteiger partial charge is 0.186 e. The van der Waals surface area contributed by atoms with Crippen LogP contribution in [0.1, 0.15) is 17.5 Å². The molecule has 0 radical (unpaired) electrons. The second-order valence-corrected chi connectivity index (χ2v) is 8.33. The molecule has 1 aliphatic heterocycles. The first-order valence-corrected chi connectivity index (χ1v) is 10.4. The molecule has 0 saturated carbocycles. The molecule has 2 heterocycles. The van der Waals surface area contributed by atoms with E-state index < -0.39 is 0 Å². The Morgan fingerprint density at radius 1 is 1.07 bits per heavy atom. The molecule has 0 amide bonds. The number of nitrogens with zero attached hydrogens (tertiary/aromatic N) is 4. The third-order valence-electron chi connectivity index (χ3n) is 4.88. The minimum absolute atomic E-state index is 0.475. The molecule has 0 aliphatic carbocycles. The maximum Gasteiger partial charge on any atom is 0.186 e. The summed E-state index contributed by atoms with van der Waals surface area (Å²) in [6.45, 7) is 5.03. The first-order valence-electron chi connectivity index (χ1n) is 9.19. The fourth-order valence-corrected chi connectivity index (χ4v) is 4.82. The van der Waals surface area contributed by atoms with Gasteiger partial charge in [-0.1, -0.05) is 47.2 Å². The zero-order valence-corrected chi connectivity index (χ0v) is 16.6. The van der Waals surface area contributed by atoms with Crippen LogP contribution in [0.3, 0.4) is 0 Å². The number of rotatable bonds is 4. The highest BCUT2D eigenvalue weighted by molar-refractivity contribution is 7.22. The van der Waals surface area contributed by atoms with Crippen LogP contribution >= 0.6 is 22.9 Å². The van der Waals surface area contributed by atoms with E-state index in [-0.39, 0.29) is 0 Å². The number of thiazole rings is 1. The van der Waals surface area contributed by atoms with Crippen molar-refractivity contribution in [2.45, 2.75) is 19.4 Å². The molecule has 4 rings (SSSR count). The number of halogens is 1. The number of hydrogen-bond acceptors (Lipinski definition) is 5. The Morgan fingerprint density at radius 2 is 1.96 bits per heavy atom. The normalized spacial score (nSPS) is 15.6. The summed E-state index contributed by atoms with van der Waals surface area (Å²) in [6.07, 6.45) is 1.60. The van der Waals surface area contributed by atoms with Gasteiger partial charge in [0.15, 0.2) is 5.13 Å². The van der Waals surface area contributed by atoms with Crippen molar-refractivity contribution < 1.29 is 0 Å². The van der Waals surface area contributed by atoms with Crippen LogP contribution in [0.25, 0.3) is 10.2 Å². The summed E-state index contributed by atoms with van der Waals surface area (Å²) in [4.78, 5) is 9.69. The molecule has 138 valence electrons. The minimum atomic E-state index is 0.475. The summed E-state index contributed by atoms with van der Waals surface area (Å²) in [6, 6.07) is 16.5. The van der Waals surface area contributed by atoms with Gasteiger partial charge < -0.3 is 4.90 Å². The van der Waals surface area contributed by atoms with E-state index >= 15 is 0 Å². The molecule has 0 bridgehead atoms. The molecule has 0 spiro atoms. The van der Waals surface area contributed by atoms with Gasteiger partial charge in [-0.25, -0.2) is 4.98 Å². The van der Waals surface area contributed by atoms with Crippen LogP contribution in [-0.4, -0.2) is 36.1 Å². The molecule has 0 N–H and O–H groups in total. The maximum absolute atomic E-state index is 8.90. The Labute approximate surface area is 168 Å². The Balaban J connectivity index is 1.42. The topological polar surface area (TPSA) is 43.2 Å². The van der Waals surface area contributed by atoms with Crippen molar-refractivity contribution in [3.8, 4) is 6.07 Å². The van der Waals surface area contributed by atoms with Crippen LogP contribution in [0.2, 0.25) is 5.02 Å². The summed E-state index contributed by atoms with van der Waals surface area (Å²) in [5, 5.41) is 10.7. The fraction of sp³-hybridized carbons (Fsp3) is 0.333. The maximum atomic E-state index is 8.90. The zero-order valence-electron chi connectivity index (χ0n) is 15.1. The lowest BCUT2D eigenvalue weighted by Gasteiger charge is -2.21. The standard InChI is InChI=1S/C21H21ClN4S/c22-18-5-6-19-20(14-18)27-21(24-19)26-10-2-9-25(11-12-26)15-17-4-1-3-16(13-17)7-8-23/h1,3-6,13-14H,2,7,9-12,15H2. The monoisotopic (exact) mass is 396 g/mol. The van der Waals surface area contributed by atoms with Gasteiger partial charge in [0.05, 0.1) is 22.7 Å². The van der Waals surface area contributed by atoms with E-state index in [1.54, 1.807) is 11.3 Å². The minimum Gasteiger partial charge on any atom is -0.347 e. The summed E-state index contributed by atoms with van der Waals surface area (Å²) in [5.74, 6) is 0. The van der Waals surface area contributed by atoms with Crippen LogP contribution < -0.4 is 4.90 Å². The Bertz CT molecular complexity index is 978. The van der Waals surface area contributed by atoms with E-state index in [9.17, 15) is 0 Å². The van der Waals surface area contributed by atoms with E-state index in [0.717, 1.165) is 65.1 Å². The van der Waals surface area contributed by atoms with Gasteiger partial charge in [0.1, 0.15) is 0 Å². The Morgan fingerprint density at radius 3 is 2.85 bits per heavy atom. The number of hydrogen-bond donors (Lipinski definition) is 0. The Hall–Kier alpha value is -2.13. The number of anilines is 1. The quantitative estimate of drug-likeness (QED) is 0.639. The summed E-state index contributed by atoms with van der Waals surface area (Å²) in [5.41, 5.74) is 3.40. The molecule has 1 aliphatic rings. The van der Waals surface area contributed by atoms with Crippen LogP contribution in [0.5, 0.6) is 0 Å². The molecule has 1 saturated heterocycles. The average Bonchev–Trinajstić information content (AvgIpc) is 2.93. The molecule has 0 unspecified atom stereocenters. The zero-order chi connectivity index (χ0) is 18.6. The van der Waals surface area contributed by atoms with Crippen molar-refractivity contribution in [3.63, 3.8) is 0 Å². The van der Waals surface area contributed by atoms with Gasteiger partial charge in [0, 0.05) is 37.7 Å². The predicted octanol–water partition coefficient (Wildman–Crippen LogP) is 4.73. The van der Waals surface area contributed by atoms with E-state index in [0.29, 0.717) is 6.42 Å². The van der Waals surface area contributed by atoms with Gasteiger partial charge in [-0.15, -0.1) is 0 Å². The van der Waals surface area contributed by atoms with Crippen LogP contribution in [0, 0.1) is 11.3 Å². The van der Waals surface area contributed by atoms with Gasteiger partial charge in [-0.05, 0) is 35.7 Å². The Kier molecular flexibility index (Phi) is 5.58. The molecule has 2 aromatic carbocycles. The van der Waals surface area contributed by atoms with Crippen molar-refractivity contribution in [1.82, 2.24) is 9.88 Å². The first kappa shape index (κ1) is 18.2. The number of benzene rings is 2. The summed E-state index contributed by atoms with van der Waals surface area (Å²) >= 11 is 7.83. The van der Waals surface area contributed by atoms with Crippen molar-refractivity contribution in [2.24, 2.45) is 0 Å². The largest absolute Gasteiger partial charge is 0.347 e. The second-order valence-electron chi connectivity index (χ2n) is 6.88. The molecule has 27 heavy (non-hydrogen) atoms. The third kappa shape index (κ3) is 4.41. The highest BCUT2D eigenvalue weighted by atomic mass is 35.5. The van der Waals surface area contributed by atoms with E-state index in [1.807, 2.05) is 24.3 Å². The number of aromatic nitrogens is 1. The third-order valence-corrected chi connectivity index (χ3v) is 6.19. The lowest BCUT2D eigenvalue weighted by molar-refractivity contribution is 0.285. The fourth-order valence-electron chi connectivity index (χ4n) is 3.53. The van der Waals surface area contributed by atoms with E-state index in [2.05, 4.69) is 34.1 Å². The molecule has 3 aromatic rings. The van der Waals surface area contributed by atoms with Crippen LogP contribution in [0.4, 0.5) is 5.13 Å². The number of nitriles is 1. The van der Waals surface area contributed by atoms with Gasteiger partial charge in [0.25, 0.3) is 0 Å².